The van der Waals surface area contributed by atoms with Gasteiger partial charge in [0.2, 0.25) is 0 Å². The van der Waals surface area contributed by atoms with E-state index in [1.54, 1.807) is 36.7 Å². The van der Waals surface area contributed by atoms with E-state index in [9.17, 15) is 14.0 Å². The van der Waals surface area contributed by atoms with E-state index < -0.39 is 17.4 Å². The van der Waals surface area contributed by atoms with Gasteiger partial charge in [-0.05, 0) is 23.8 Å². The molecule has 0 unspecified atom stereocenters. The lowest BCUT2D eigenvalue weighted by Crippen LogP contribution is -2.25. The maximum Gasteiger partial charge on any atom is 0.191 e. The molecule has 1 aromatic heterocycles. The molecule has 0 aliphatic heterocycles. The smallest absolute Gasteiger partial charge is 0.191 e. The van der Waals surface area contributed by atoms with Crippen molar-refractivity contribution in [1.29, 1.82) is 0 Å². The highest BCUT2D eigenvalue weighted by Gasteiger charge is 2.17. The minimum absolute atomic E-state index is 0.0433. The predicted molar refractivity (Wildman–Crippen MR) is 100 cm³/mol. The zero-order chi connectivity index (χ0) is 19.2. The molecule has 27 heavy (non-hydrogen) atoms. The number of hydrogen-bond donors (Lipinski definition) is 1. The number of rotatable bonds is 7. The summed E-state index contributed by atoms with van der Waals surface area (Å²) in [7, 11) is 0. The summed E-state index contributed by atoms with van der Waals surface area (Å²) in [5.41, 5.74) is 3.58. The van der Waals surface area contributed by atoms with E-state index in [2.05, 4.69) is 15.6 Å². The van der Waals surface area contributed by atoms with Gasteiger partial charge in [-0.2, -0.15) is 10.2 Å². The summed E-state index contributed by atoms with van der Waals surface area (Å²) < 4.78 is 15.8. The Morgan fingerprint density at radius 1 is 1.15 bits per heavy atom. The van der Waals surface area contributed by atoms with E-state index in [0.29, 0.717) is 5.69 Å². The molecule has 0 atom stereocenters. The van der Waals surface area contributed by atoms with Gasteiger partial charge in [0.1, 0.15) is 5.82 Å². The fourth-order valence-electron chi connectivity index (χ4n) is 2.48. The molecule has 0 spiro atoms. The molecule has 1 heterocycles. The van der Waals surface area contributed by atoms with Crippen LogP contribution in [0.2, 0.25) is 0 Å². The normalized spacial score (nSPS) is 11.3. The second-order valence-corrected chi connectivity index (χ2v) is 5.83. The topological polar surface area (TPSA) is 76.3 Å². The molecule has 0 amide bonds. The van der Waals surface area contributed by atoms with Gasteiger partial charge in [-0.25, -0.2) is 9.07 Å². The quantitative estimate of drug-likeness (QED) is 0.397. The summed E-state index contributed by atoms with van der Waals surface area (Å²) in [5.74, 6) is -1.50. The first-order valence-corrected chi connectivity index (χ1v) is 8.26. The lowest BCUT2D eigenvalue weighted by Gasteiger charge is -2.07. The standard InChI is InChI=1S/C20H17FN4O2/c1-14(26)20(19(27)12-15-6-3-2-4-7-15)24-23-18-9-8-16(13-17(18)21)25-11-5-10-22-25/h2-11,13,23H,12H2,1H3/b24-20-. The van der Waals surface area contributed by atoms with Crippen LogP contribution in [0.25, 0.3) is 5.69 Å². The summed E-state index contributed by atoms with van der Waals surface area (Å²) in [4.78, 5) is 24.2. The molecule has 136 valence electrons. The number of anilines is 1. The summed E-state index contributed by atoms with van der Waals surface area (Å²) in [6, 6.07) is 15.2. The van der Waals surface area contributed by atoms with Crippen LogP contribution in [0.1, 0.15) is 12.5 Å². The summed E-state index contributed by atoms with van der Waals surface area (Å²) in [6.07, 6.45) is 3.32. The molecule has 0 aliphatic carbocycles. The van der Waals surface area contributed by atoms with Crippen molar-refractivity contribution in [3.63, 3.8) is 0 Å². The Bertz CT molecular complexity index is 982. The van der Waals surface area contributed by atoms with Crippen LogP contribution in [0.5, 0.6) is 0 Å². The lowest BCUT2D eigenvalue weighted by molar-refractivity contribution is -0.115. The number of hydrogen-bond acceptors (Lipinski definition) is 5. The SMILES string of the molecule is CC(=O)/C(=N/Nc1ccc(-n2cccn2)cc1F)C(=O)Cc1ccccc1. The van der Waals surface area contributed by atoms with Crippen molar-refractivity contribution < 1.29 is 14.0 Å². The average molecular weight is 364 g/mol. The molecular weight excluding hydrogens is 347 g/mol. The number of Topliss-reactive ketones (excluding diaryl/α,β-unsaturated/α-hetero) is 2. The van der Waals surface area contributed by atoms with Crippen molar-refractivity contribution in [2.24, 2.45) is 5.10 Å². The van der Waals surface area contributed by atoms with Crippen molar-refractivity contribution >= 4 is 23.0 Å². The zero-order valence-electron chi connectivity index (χ0n) is 14.6. The number of hydrazone groups is 1. The maximum atomic E-state index is 14.3. The number of nitrogens with zero attached hydrogens (tertiary/aromatic N) is 3. The molecule has 0 aliphatic rings. The Labute approximate surface area is 155 Å². The molecule has 0 saturated carbocycles. The molecule has 3 rings (SSSR count). The summed E-state index contributed by atoms with van der Waals surface area (Å²) >= 11 is 0. The average Bonchev–Trinajstić information content (AvgIpc) is 3.18. The van der Waals surface area contributed by atoms with Crippen molar-refractivity contribution in [1.82, 2.24) is 9.78 Å². The Hall–Kier alpha value is -3.61. The van der Waals surface area contributed by atoms with Gasteiger partial charge in [-0.1, -0.05) is 30.3 Å². The van der Waals surface area contributed by atoms with Gasteiger partial charge in [-0.15, -0.1) is 0 Å². The van der Waals surface area contributed by atoms with Crippen molar-refractivity contribution in [2.45, 2.75) is 13.3 Å². The van der Waals surface area contributed by atoms with Crippen LogP contribution < -0.4 is 5.43 Å². The summed E-state index contributed by atoms with van der Waals surface area (Å²) in [6.45, 7) is 1.25. The third-order valence-corrected chi connectivity index (χ3v) is 3.81. The number of halogens is 1. The zero-order valence-corrected chi connectivity index (χ0v) is 14.6. The third-order valence-electron chi connectivity index (χ3n) is 3.81. The van der Waals surface area contributed by atoms with Crippen LogP contribution in [-0.2, 0) is 16.0 Å². The highest BCUT2D eigenvalue weighted by atomic mass is 19.1. The van der Waals surface area contributed by atoms with E-state index in [-0.39, 0.29) is 17.8 Å². The lowest BCUT2D eigenvalue weighted by atomic mass is 10.0. The minimum atomic E-state index is -0.579. The molecule has 1 N–H and O–H groups in total. The van der Waals surface area contributed by atoms with Gasteiger partial charge < -0.3 is 0 Å². The van der Waals surface area contributed by atoms with Crippen LogP contribution in [0.15, 0.2) is 72.1 Å². The fourth-order valence-corrected chi connectivity index (χ4v) is 2.48. The number of nitrogens with one attached hydrogen (secondary N) is 1. The molecule has 2 aromatic carbocycles. The van der Waals surface area contributed by atoms with Gasteiger partial charge >= 0.3 is 0 Å². The van der Waals surface area contributed by atoms with E-state index >= 15 is 0 Å². The van der Waals surface area contributed by atoms with Crippen LogP contribution in [0.3, 0.4) is 0 Å². The van der Waals surface area contributed by atoms with Gasteiger partial charge in [0, 0.05) is 31.8 Å². The van der Waals surface area contributed by atoms with Crippen LogP contribution in [0.4, 0.5) is 10.1 Å². The molecule has 7 heteroatoms. The second kappa shape index (κ2) is 8.18. The first-order chi connectivity index (χ1) is 13.0. The Morgan fingerprint density at radius 3 is 2.56 bits per heavy atom. The van der Waals surface area contributed by atoms with E-state index in [0.717, 1.165) is 5.56 Å². The highest BCUT2D eigenvalue weighted by Crippen LogP contribution is 2.18. The molecule has 0 bridgehead atoms. The molecule has 0 fully saturated rings. The molecule has 3 aromatic rings. The molecular formula is C20H17FN4O2. The van der Waals surface area contributed by atoms with Gasteiger partial charge in [0.05, 0.1) is 11.4 Å². The van der Waals surface area contributed by atoms with E-state index in [1.165, 1.54) is 23.7 Å². The van der Waals surface area contributed by atoms with Gasteiger partial charge in [0.25, 0.3) is 0 Å². The number of ketones is 2. The van der Waals surface area contributed by atoms with Crippen LogP contribution >= 0.6 is 0 Å². The fraction of sp³-hybridized carbons (Fsp3) is 0.100. The van der Waals surface area contributed by atoms with Crippen LogP contribution in [-0.4, -0.2) is 27.1 Å². The monoisotopic (exact) mass is 364 g/mol. The van der Waals surface area contributed by atoms with Crippen molar-refractivity contribution in [2.75, 3.05) is 5.43 Å². The van der Waals surface area contributed by atoms with E-state index in [1.807, 2.05) is 18.2 Å². The first kappa shape index (κ1) is 18.2. The van der Waals surface area contributed by atoms with E-state index in [4.69, 9.17) is 0 Å². The molecule has 0 radical (unpaired) electrons. The van der Waals surface area contributed by atoms with Crippen LogP contribution in [0, 0.1) is 5.82 Å². The molecule has 6 nitrogen and oxygen atoms in total. The number of aromatic nitrogens is 2. The van der Waals surface area contributed by atoms with Gasteiger partial charge in [-0.3, -0.25) is 15.0 Å². The second-order valence-electron chi connectivity index (χ2n) is 5.83. The third kappa shape index (κ3) is 4.52. The van der Waals surface area contributed by atoms with Crippen molar-refractivity contribution in [3.8, 4) is 5.69 Å². The first-order valence-electron chi connectivity index (χ1n) is 8.26. The summed E-state index contributed by atoms with van der Waals surface area (Å²) in [5, 5.41) is 7.88. The van der Waals surface area contributed by atoms with Gasteiger partial charge in [0.15, 0.2) is 17.3 Å². The minimum Gasteiger partial charge on any atom is -0.293 e. The number of carbonyl (C=O) groups excluding carboxylic acids is 2. The molecule has 0 saturated heterocycles. The maximum absolute atomic E-state index is 14.3. The Morgan fingerprint density at radius 2 is 1.93 bits per heavy atom. The number of benzene rings is 2. The number of carbonyl (C=O) groups is 2. The highest BCUT2D eigenvalue weighted by molar-refractivity contribution is 6.65. The Balaban J connectivity index is 1.77. The Kier molecular flexibility index (Phi) is 5.51. The largest absolute Gasteiger partial charge is 0.293 e. The predicted octanol–water partition coefficient (Wildman–Crippen LogP) is 3.18. The van der Waals surface area contributed by atoms with Crippen molar-refractivity contribution in [3.05, 3.63) is 78.4 Å².